The maximum atomic E-state index is 11.6. The van der Waals surface area contributed by atoms with Crippen LogP contribution in [0, 0.1) is 0 Å². The fourth-order valence-corrected chi connectivity index (χ4v) is 1.42. The van der Waals surface area contributed by atoms with Gasteiger partial charge >= 0.3 is 5.97 Å². The molecule has 88 valence electrons. The Morgan fingerprint density at radius 2 is 2.07 bits per heavy atom. The lowest BCUT2D eigenvalue weighted by molar-refractivity contribution is -0.155. The first kappa shape index (κ1) is 12.4. The van der Waals surface area contributed by atoms with Crippen molar-refractivity contribution < 1.29 is 19.0 Å². The molecular formula is C10H19NO4. The molecule has 0 aromatic carbocycles. The molecule has 0 radical (unpaired) electrons. The minimum absolute atomic E-state index is 0.270. The van der Waals surface area contributed by atoms with Crippen molar-refractivity contribution in [2.45, 2.75) is 25.3 Å². The van der Waals surface area contributed by atoms with Gasteiger partial charge < -0.3 is 19.9 Å². The average Bonchev–Trinajstić information content (AvgIpc) is 2.25. The summed E-state index contributed by atoms with van der Waals surface area (Å²) in [5.41, 5.74) is 5.07. The Labute approximate surface area is 89.9 Å². The summed E-state index contributed by atoms with van der Waals surface area (Å²) in [5, 5.41) is 0. The largest absolute Gasteiger partial charge is 0.462 e. The van der Waals surface area contributed by atoms with Gasteiger partial charge in [-0.3, -0.25) is 4.79 Å². The average molecular weight is 217 g/mol. The van der Waals surface area contributed by atoms with E-state index >= 15 is 0 Å². The number of hydrogen-bond donors (Lipinski definition) is 1. The van der Waals surface area contributed by atoms with Crippen LogP contribution in [-0.4, -0.2) is 44.5 Å². The quantitative estimate of drug-likeness (QED) is 0.521. The van der Waals surface area contributed by atoms with Crippen LogP contribution in [-0.2, 0) is 19.0 Å². The fraction of sp³-hybridized carbons (Fsp3) is 0.900. The van der Waals surface area contributed by atoms with Crippen LogP contribution in [0.4, 0.5) is 0 Å². The summed E-state index contributed by atoms with van der Waals surface area (Å²) >= 11 is 0. The van der Waals surface area contributed by atoms with Crippen molar-refractivity contribution in [1.29, 1.82) is 0 Å². The highest BCUT2D eigenvalue weighted by Gasteiger charge is 2.37. The van der Waals surface area contributed by atoms with E-state index < -0.39 is 5.54 Å². The highest BCUT2D eigenvalue weighted by Crippen LogP contribution is 2.18. The van der Waals surface area contributed by atoms with Crippen molar-refractivity contribution in [3.63, 3.8) is 0 Å². The van der Waals surface area contributed by atoms with E-state index in [1.54, 1.807) is 0 Å². The number of carbonyl (C=O) groups is 1. The first-order chi connectivity index (χ1) is 7.19. The Morgan fingerprint density at radius 1 is 1.40 bits per heavy atom. The van der Waals surface area contributed by atoms with Crippen LogP contribution >= 0.6 is 0 Å². The lowest BCUT2D eigenvalue weighted by Gasteiger charge is -2.30. The minimum Gasteiger partial charge on any atom is -0.462 e. The van der Waals surface area contributed by atoms with Crippen LogP contribution < -0.4 is 5.73 Å². The second-order valence-electron chi connectivity index (χ2n) is 3.60. The number of esters is 1. The molecule has 0 amide bonds. The molecule has 1 saturated heterocycles. The standard InChI is InChI=1S/C10H19NO4/c1-2-13-7-8-15-9(12)10(11)3-5-14-6-4-10/h2-8,11H2,1H3. The van der Waals surface area contributed by atoms with E-state index in [0.29, 0.717) is 39.3 Å². The summed E-state index contributed by atoms with van der Waals surface area (Å²) < 4.78 is 15.2. The lowest BCUT2D eigenvalue weighted by Crippen LogP contribution is -2.53. The summed E-state index contributed by atoms with van der Waals surface area (Å²) in [6.07, 6.45) is 1.06. The number of rotatable bonds is 5. The summed E-state index contributed by atoms with van der Waals surface area (Å²) in [4.78, 5) is 11.6. The monoisotopic (exact) mass is 217 g/mol. The van der Waals surface area contributed by atoms with Gasteiger partial charge in [-0.1, -0.05) is 0 Å². The zero-order chi connectivity index (χ0) is 11.1. The van der Waals surface area contributed by atoms with Crippen LogP contribution in [0.15, 0.2) is 0 Å². The van der Waals surface area contributed by atoms with Crippen LogP contribution in [0.25, 0.3) is 0 Å². The van der Waals surface area contributed by atoms with E-state index in [-0.39, 0.29) is 12.6 Å². The number of carbonyl (C=O) groups excluding carboxylic acids is 1. The molecule has 0 unspecified atom stereocenters. The van der Waals surface area contributed by atoms with Gasteiger partial charge in [0.05, 0.1) is 6.61 Å². The molecule has 5 nitrogen and oxygen atoms in total. The Kier molecular flexibility index (Phi) is 5.01. The fourth-order valence-electron chi connectivity index (χ4n) is 1.42. The molecule has 1 aliphatic rings. The molecule has 0 bridgehead atoms. The molecule has 1 rings (SSSR count). The van der Waals surface area contributed by atoms with Crippen LogP contribution in [0.2, 0.25) is 0 Å². The molecule has 0 spiro atoms. The predicted octanol–water partition coefficient (Wildman–Crippen LogP) is 0.0740. The third-order valence-electron chi connectivity index (χ3n) is 2.46. The van der Waals surface area contributed by atoms with Gasteiger partial charge in [-0.15, -0.1) is 0 Å². The molecule has 1 aliphatic heterocycles. The van der Waals surface area contributed by atoms with Crippen molar-refractivity contribution in [2.24, 2.45) is 5.73 Å². The van der Waals surface area contributed by atoms with E-state index in [1.165, 1.54) is 0 Å². The van der Waals surface area contributed by atoms with Gasteiger partial charge in [-0.2, -0.15) is 0 Å². The molecule has 5 heteroatoms. The van der Waals surface area contributed by atoms with Gasteiger partial charge in [0.1, 0.15) is 12.1 Å². The second-order valence-corrected chi connectivity index (χ2v) is 3.60. The topological polar surface area (TPSA) is 70.8 Å². The molecule has 15 heavy (non-hydrogen) atoms. The molecule has 2 N–H and O–H groups in total. The maximum Gasteiger partial charge on any atom is 0.326 e. The molecule has 0 aliphatic carbocycles. The Balaban J connectivity index is 2.25. The SMILES string of the molecule is CCOCCOC(=O)C1(N)CCOCC1. The van der Waals surface area contributed by atoms with Gasteiger partial charge in [-0.05, 0) is 19.8 Å². The van der Waals surface area contributed by atoms with Crippen LogP contribution in [0.1, 0.15) is 19.8 Å². The van der Waals surface area contributed by atoms with Gasteiger partial charge in [0, 0.05) is 19.8 Å². The first-order valence-electron chi connectivity index (χ1n) is 5.30. The molecule has 0 aromatic heterocycles. The van der Waals surface area contributed by atoms with E-state index in [2.05, 4.69) is 0 Å². The van der Waals surface area contributed by atoms with Crippen molar-refractivity contribution in [3.05, 3.63) is 0 Å². The van der Waals surface area contributed by atoms with E-state index in [9.17, 15) is 4.79 Å². The van der Waals surface area contributed by atoms with Gasteiger partial charge in [0.25, 0.3) is 0 Å². The van der Waals surface area contributed by atoms with Crippen LogP contribution in [0.5, 0.6) is 0 Å². The number of nitrogens with two attached hydrogens (primary N) is 1. The maximum absolute atomic E-state index is 11.6. The third-order valence-corrected chi connectivity index (χ3v) is 2.46. The molecular weight excluding hydrogens is 198 g/mol. The third kappa shape index (κ3) is 3.77. The molecule has 0 aromatic rings. The second kappa shape index (κ2) is 6.05. The Bertz CT molecular complexity index is 202. The lowest BCUT2D eigenvalue weighted by atomic mass is 9.92. The summed E-state index contributed by atoms with van der Waals surface area (Å²) in [6, 6.07) is 0. The summed E-state index contributed by atoms with van der Waals surface area (Å²) in [6.45, 7) is 4.26. The van der Waals surface area contributed by atoms with E-state index in [1.807, 2.05) is 6.92 Å². The van der Waals surface area contributed by atoms with Crippen molar-refractivity contribution in [3.8, 4) is 0 Å². The van der Waals surface area contributed by atoms with Gasteiger partial charge in [0.15, 0.2) is 0 Å². The highest BCUT2D eigenvalue weighted by atomic mass is 16.6. The van der Waals surface area contributed by atoms with Gasteiger partial charge in [0.2, 0.25) is 0 Å². The van der Waals surface area contributed by atoms with Crippen LogP contribution in [0.3, 0.4) is 0 Å². The zero-order valence-electron chi connectivity index (χ0n) is 9.16. The first-order valence-corrected chi connectivity index (χ1v) is 5.30. The van der Waals surface area contributed by atoms with Crippen molar-refractivity contribution in [1.82, 2.24) is 0 Å². The molecule has 1 heterocycles. The Hall–Kier alpha value is -0.650. The molecule has 1 fully saturated rings. The Morgan fingerprint density at radius 3 is 2.67 bits per heavy atom. The number of ether oxygens (including phenoxy) is 3. The van der Waals surface area contributed by atoms with Crippen molar-refractivity contribution >= 4 is 5.97 Å². The van der Waals surface area contributed by atoms with Gasteiger partial charge in [-0.25, -0.2) is 0 Å². The molecule has 0 atom stereocenters. The zero-order valence-corrected chi connectivity index (χ0v) is 9.16. The smallest absolute Gasteiger partial charge is 0.326 e. The minimum atomic E-state index is -0.857. The van der Waals surface area contributed by atoms with E-state index in [4.69, 9.17) is 19.9 Å². The molecule has 0 saturated carbocycles. The summed E-state index contributed by atoms with van der Waals surface area (Å²) in [7, 11) is 0. The van der Waals surface area contributed by atoms with Crippen molar-refractivity contribution in [2.75, 3.05) is 33.0 Å². The normalized spacial score (nSPS) is 19.9. The highest BCUT2D eigenvalue weighted by molar-refractivity contribution is 5.80. The van der Waals surface area contributed by atoms with E-state index in [0.717, 1.165) is 0 Å². The predicted molar refractivity (Wildman–Crippen MR) is 54.4 cm³/mol. The number of hydrogen-bond acceptors (Lipinski definition) is 5. The summed E-state index contributed by atoms with van der Waals surface area (Å²) in [5.74, 6) is -0.342.